The minimum Gasteiger partial charge on any atom is -0.461 e. The summed E-state index contributed by atoms with van der Waals surface area (Å²) >= 11 is 7.69. The van der Waals surface area contributed by atoms with Gasteiger partial charge in [-0.25, -0.2) is 4.98 Å². The molecule has 28 heavy (non-hydrogen) atoms. The average molecular weight is 414 g/mol. The number of halogens is 1. The van der Waals surface area contributed by atoms with Crippen LogP contribution in [0.3, 0.4) is 0 Å². The van der Waals surface area contributed by atoms with Gasteiger partial charge in [-0.1, -0.05) is 11.6 Å². The fourth-order valence-electron chi connectivity index (χ4n) is 3.05. The number of hydrogen-bond acceptors (Lipinski definition) is 7. The molecule has 5 rings (SSSR count). The number of furan rings is 1. The highest BCUT2D eigenvalue weighted by Gasteiger charge is 2.27. The number of nitrogens with zero attached hydrogens (tertiary/aromatic N) is 2. The van der Waals surface area contributed by atoms with Crippen LogP contribution in [0, 0.1) is 0 Å². The van der Waals surface area contributed by atoms with Crippen LogP contribution in [0.1, 0.15) is 31.4 Å². The SMILES string of the molecule is CC1=C(C(=O)Nc2cnc(-c3cc4oc(C5CC5)cc4cc3Cl)cn2)SNN1. The monoisotopic (exact) mass is 413 g/mol. The van der Waals surface area contributed by atoms with Crippen LogP contribution in [-0.2, 0) is 4.79 Å². The second kappa shape index (κ2) is 6.80. The largest absolute Gasteiger partial charge is 0.461 e. The van der Waals surface area contributed by atoms with E-state index in [-0.39, 0.29) is 5.91 Å². The summed E-state index contributed by atoms with van der Waals surface area (Å²) in [6, 6.07) is 5.85. The number of hydrazine groups is 1. The van der Waals surface area contributed by atoms with Crippen molar-refractivity contribution >= 4 is 46.2 Å². The number of carbonyl (C=O) groups excluding carboxylic acids is 1. The van der Waals surface area contributed by atoms with E-state index in [1.807, 2.05) is 19.1 Å². The summed E-state index contributed by atoms with van der Waals surface area (Å²) in [4.78, 5) is 24.4. The molecule has 3 aromatic rings. The molecule has 0 saturated heterocycles. The van der Waals surface area contributed by atoms with Crippen LogP contribution in [0.4, 0.5) is 5.82 Å². The van der Waals surface area contributed by atoms with Crippen LogP contribution >= 0.6 is 23.5 Å². The van der Waals surface area contributed by atoms with Crippen molar-refractivity contribution in [2.75, 3.05) is 5.32 Å². The first kappa shape index (κ1) is 17.5. The van der Waals surface area contributed by atoms with Crippen LogP contribution in [0.5, 0.6) is 0 Å². The summed E-state index contributed by atoms with van der Waals surface area (Å²) < 4.78 is 5.97. The maximum Gasteiger partial charge on any atom is 0.266 e. The van der Waals surface area contributed by atoms with E-state index >= 15 is 0 Å². The first-order valence-corrected chi connectivity index (χ1v) is 10.0. The lowest BCUT2D eigenvalue weighted by Gasteiger charge is -2.07. The van der Waals surface area contributed by atoms with E-state index in [1.165, 1.54) is 31.0 Å². The highest BCUT2D eigenvalue weighted by molar-refractivity contribution is 8.02. The molecule has 3 heterocycles. The highest BCUT2D eigenvalue weighted by atomic mass is 35.5. The molecule has 1 saturated carbocycles. The Balaban J connectivity index is 1.40. The summed E-state index contributed by atoms with van der Waals surface area (Å²) in [5.41, 5.74) is 5.78. The van der Waals surface area contributed by atoms with Crippen LogP contribution in [0.25, 0.3) is 22.2 Å². The normalized spacial score (nSPS) is 16.5. The maximum absolute atomic E-state index is 12.3. The third-order valence-corrected chi connectivity index (χ3v) is 5.93. The van der Waals surface area contributed by atoms with E-state index in [9.17, 15) is 4.79 Å². The fourth-order valence-corrected chi connectivity index (χ4v) is 3.98. The molecule has 0 atom stereocenters. The molecule has 0 bridgehead atoms. The lowest BCUT2D eigenvalue weighted by molar-refractivity contribution is -0.112. The molecule has 0 unspecified atom stereocenters. The lowest BCUT2D eigenvalue weighted by Crippen LogP contribution is -2.16. The molecule has 1 fully saturated rings. The maximum atomic E-state index is 12.3. The number of benzene rings is 1. The minimum atomic E-state index is -0.246. The van der Waals surface area contributed by atoms with E-state index < -0.39 is 0 Å². The van der Waals surface area contributed by atoms with Gasteiger partial charge in [0, 0.05) is 22.6 Å². The quantitative estimate of drug-likeness (QED) is 0.547. The Bertz CT molecular complexity index is 1120. The number of anilines is 1. The van der Waals surface area contributed by atoms with Crippen molar-refractivity contribution in [3.05, 3.63) is 52.0 Å². The molecule has 0 radical (unpaired) electrons. The first-order valence-electron chi connectivity index (χ1n) is 8.84. The third kappa shape index (κ3) is 3.23. The number of carbonyl (C=O) groups is 1. The van der Waals surface area contributed by atoms with E-state index in [4.69, 9.17) is 16.0 Å². The fraction of sp³-hybridized carbons (Fsp3) is 0.211. The van der Waals surface area contributed by atoms with E-state index in [0.717, 1.165) is 28.0 Å². The summed E-state index contributed by atoms with van der Waals surface area (Å²) in [6.45, 7) is 1.82. The van der Waals surface area contributed by atoms with Crippen molar-refractivity contribution in [1.82, 2.24) is 20.2 Å². The lowest BCUT2D eigenvalue weighted by atomic mass is 10.1. The van der Waals surface area contributed by atoms with Crippen molar-refractivity contribution in [3.63, 3.8) is 0 Å². The first-order chi connectivity index (χ1) is 13.6. The standard InChI is InChI=1S/C19H16ClN5O2S/c1-9-18(28-25-24-9)19(26)23-17-8-21-14(7-22-17)12-6-16-11(4-13(12)20)5-15(27-16)10-2-3-10/h4-8,10,24-25H,2-3H2,1H3,(H,22,23,26). The Morgan fingerprint density at radius 2 is 2.14 bits per heavy atom. The van der Waals surface area contributed by atoms with Crippen molar-refractivity contribution < 1.29 is 9.21 Å². The van der Waals surface area contributed by atoms with Gasteiger partial charge >= 0.3 is 0 Å². The molecule has 9 heteroatoms. The number of fused-ring (bicyclic) bond motifs is 1. The topological polar surface area (TPSA) is 92.1 Å². The number of hydrogen-bond donors (Lipinski definition) is 3. The van der Waals surface area contributed by atoms with Gasteiger partial charge in [0.15, 0.2) is 5.82 Å². The van der Waals surface area contributed by atoms with Gasteiger partial charge in [-0.2, -0.15) is 4.83 Å². The zero-order chi connectivity index (χ0) is 19.3. The number of allylic oxidation sites excluding steroid dienone is 1. The molecular formula is C19H16ClN5O2S. The van der Waals surface area contributed by atoms with Gasteiger partial charge in [0.1, 0.15) is 16.2 Å². The Kier molecular flexibility index (Phi) is 4.26. The second-order valence-corrected chi connectivity index (χ2v) is 8.04. The smallest absolute Gasteiger partial charge is 0.266 e. The molecule has 1 amide bonds. The van der Waals surface area contributed by atoms with Crippen LogP contribution in [0.15, 0.2) is 45.6 Å². The highest BCUT2D eigenvalue weighted by Crippen LogP contribution is 2.43. The predicted molar refractivity (Wildman–Crippen MR) is 109 cm³/mol. The number of amides is 1. The Labute approximate surface area is 170 Å². The molecule has 3 N–H and O–H groups in total. The van der Waals surface area contributed by atoms with Crippen molar-refractivity contribution in [1.29, 1.82) is 0 Å². The molecule has 2 aromatic heterocycles. The van der Waals surface area contributed by atoms with E-state index in [2.05, 4.69) is 31.6 Å². The van der Waals surface area contributed by atoms with Crippen LogP contribution in [0.2, 0.25) is 5.02 Å². The predicted octanol–water partition coefficient (Wildman–Crippen LogP) is 4.35. The molecule has 1 aromatic carbocycles. The second-order valence-electron chi connectivity index (χ2n) is 6.82. The zero-order valence-corrected chi connectivity index (χ0v) is 16.4. The molecule has 2 aliphatic rings. The molecule has 1 aliphatic carbocycles. The summed E-state index contributed by atoms with van der Waals surface area (Å²) in [5, 5.41) is 4.32. The number of aromatic nitrogens is 2. The summed E-state index contributed by atoms with van der Waals surface area (Å²) in [6.07, 6.45) is 5.47. The van der Waals surface area contributed by atoms with Gasteiger partial charge in [0.2, 0.25) is 0 Å². The molecule has 142 valence electrons. The molecule has 1 aliphatic heterocycles. The van der Waals surface area contributed by atoms with E-state index in [1.54, 1.807) is 6.20 Å². The molecular weight excluding hydrogens is 398 g/mol. The van der Waals surface area contributed by atoms with Crippen molar-refractivity contribution in [2.45, 2.75) is 25.7 Å². The number of nitrogens with one attached hydrogen (secondary N) is 3. The van der Waals surface area contributed by atoms with Gasteiger partial charge in [-0.15, -0.1) is 0 Å². The summed E-state index contributed by atoms with van der Waals surface area (Å²) in [7, 11) is 0. The average Bonchev–Trinajstić information content (AvgIpc) is 3.32. The Hall–Kier alpha value is -2.55. The Morgan fingerprint density at radius 3 is 2.82 bits per heavy atom. The van der Waals surface area contributed by atoms with Gasteiger partial charge in [-0.05, 0) is 49.9 Å². The van der Waals surface area contributed by atoms with E-state index in [0.29, 0.717) is 27.4 Å². The minimum absolute atomic E-state index is 0.246. The van der Waals surface area contributed by atoms with Gasteiger partial charge in [0.25, 0.3) is 5.91 Å². The van der Waals surface area contributed by atoms with Gasteiger partial charge in [0.05, 0.1) is 23.1 Å². The Morgan fingerprint density at radius 1 is 1.29 bits per heavy atom. The molecule has 7 nitrogen and oxygen atoms in total. The van der Waals surface area contributed by atoms with Crippen molar-refractivity contribution in [3.8, 4) is 11.3 Å². The van der Waals surface area contributed by atoms with Crippen LogP contribution < -0.4 is 15.6 Å². The summed E-state index contributed by atoms with van der Waals surface area (Å²) in [5.74, 6) is 1.68. The van der Waals surface area contributed by atoms with Crippen LogP contribution in [-0.4, -0.2) is 15.9 Å². The van der Waals surface area contributed by atoms with Gasteiger partial charge in [-0.3, -0.25) is 9.78 Å². The molecule has 0 spiro atoms. The third-order valence-electron chi connectivity index (χ3n) is 4.71. The van der Waals surface area contributed by atoms with Gasteiger partial charge < -0.3 is 15.2 Å². The number of rotatable bonds is 4. The van der Waals surface area contributed by atoms with Crippen molar-refractivity contribution in [2.24, 2.45) is 0 Å². The zero-order valence-electron chi connectivity index (χ0n) is 14.9.